The van der Waals surface area contributed by atoms with Gasteiger partial charge in [0, 0.05) is 23.9 Å². The first-order valence-corrected chi connectivity index (χ1v) is 5.85. The van der Waals surface area contributed by atoms with Gasteiger partial charge in [0.2, 0.25) is 5.91 Å². The van der Waals surface area contributed by atoms with E-state index in [0.717, 1.165) is 0 Å². The number of nitrogens with zero attached hydrogens (tertiary/aromatic N) is 4. The van der Waals surface area contributed by atoms with Crippen molar-refractivity contribution in [1.29, 1.82) is 0 Å². The quantitative estimate of drug-likeness (QED) is 0.330. The van der Waals surface area contributed by atoms with E-state index in [1.807, 2.05) is 0 Å². The van der Waals surface area contributed by atoms with Gasteiger partial charge in [-0.2, -0.15) is 0 Å². The Labute approximate surface area is 106 Å². The van der Waals surface area contributed by atoms with Gasteiger partial charge in [0.15, 0.2) is 0 Å². The van der Waals surface area contributed by atoms with Crippen molar-refractivity contribution in [2.24, 2.45) is 5.11 Å². The van der Waals surface area contributed by atoms with E-state index in [1.165, 1.54) is 4.90 Å². The molecule has 1 unspecified atom stereocenters. The van der Waals surface area contributed by atoms with Crippen LogP contribution in [0.2, 0.25) is 0 Å². The molecule has 1 rings (SSSR count). The third-order valence-electron chi connectivity index (χ3n) is 2.53. The Morgan fingerprint density at radius 1 is 1.61 bits per heavy atom. The van der Waals surface area contributed by atoms with Crippen LogP contribution in [0.1, 0.15) is 33.6 Å². The summed E-state index contributed by atoms with van der Waals surface area (Å²) >= 11 is 0. The topological polar surface area (TPSA) is 95.4 Å². The zero-order chi connectivity index (χ0) is 13.8. The van der Waals surface area contributed by atoms with E-state index in [2.05, 4.69) is 10.0 Å². The fourth-order valence-electron chi connectivity index (χ4n) is 1.84. The molecule has 0 aromatic carbocycles. The molecule has 0 aromatic rings. The van der Waals surface area contributed by atoms with Crippen molar-refractivity contribution in [3.8, 4) is 0 Å². The van der Waals surface area contributed by atoms with Gasteiger partial charge in [-0.1, -0.05) is 5.11 Å². The van der Waals surface area contributed by atoms with Gasteiger partial charge in [-0.15, -0.1) is 0 Å². The summed E-state index contributed by atoms with van der Waals surface area (Å²) in [7, 11) is 0. The number of carbonyl (C=O) groups excluding carboxylic acids is 2. The van der Waals surface area contributed by atoms with Crippen LogP contribution in [0.5, 0.6) is 0 Å². The number of azide groups is 1. The molecule has 1 aliphatic heterocycles. The molecule has 1 saturated heterocycles. The van der Waals surface area contributed by atoms with E-state index in [9.17, 15) is 9.59 Å². The summed E-state index contributed by atoms with van der Waals surface area (Å²) < 4.78 is 5.16. The highest BCUT2D eigenvalue weighted by Crippen LogP contribution is 2.19. The maximum atomic E-state index is 11.7. The molecule has 18 heavy (non-hydrogen) atoms. The molecular formula is C11H18N4O3. The maximum Gasteiger partial charge on any atom is 0.326 e. The average molecular weight is 254 g/mol. The van der Waals surface area contributed by atoms with E-state index in [0.29, 0.717) is 12.8 Å². The van der Waals surface area contributed by atoms with E-state index >= 15 is 0 Å². The first-order chi connectivity index (χ1) is 8.33. The Morgan fingerprint density at radius 3 is 2.83 bits per heavy atom. The molecule has 0 saturated carbocycles. The summed E-state index contributed by atoms with van der Waals surface area (Å²) in [6.07, 6.45) is 0.995. The first kappa shape index (κ1) is 14.3. The lowest BCUT2D eigenvalue weighted by atomic mass is 10.2. The van der Waals surface area contributed by atoms with Crippen molar-refractivity contribution < 1.29 is 14.3 Å². The number of esters is 1. The van der Waals surface area contributed by atoms with Crippen molar-refractivity contribution in [2.45, 2.75) is 45.3 Å². The van der Waals surface area contributed by atoms with Crippen LogP contribution in [-0.2, 0) is 14.3 Å². The molecule has 1 aliphatic rings. The molecule has 1 fully saturated rings. The fraction of sp³-hybridized carbons (Fsp3) is 0.818. The molecule has 1 heterocycles. The van der Waals surface area contributed by atoms with Gasteiger partial charge >= 0.3 is 5.97 Å². The molecule has 7 nitrogen and oxygen atoms in total. The second-order valence-electron chi connectivity index (χ2n) is 5.21. The SMILES string of the molecule is CC(C)(C)OC(=O)CN1C(=O)CCC1CN=[N+]=[N-]. The van der Waals surface area contributed by atoms with Gasteiger partial charge in [0.1, 0.15) is 12.1 Å². The van der Waals surface area contributed by atoms with Crippen LogP contribution < -0.4 is 0 Å². The monoisotopic (exact) mass is 254 g/mol. The summed E-state index contributed by atoms with van der Waals surface area (Å²) in [6, 6.07) is -0.194. The van der Waals surface area contributed by atoms with Crippen LogP contribution in [0.15, 0.2) is 5.11 Å². The highest BCUT2D eigenvalue weighted by molar-refractivity contribution is 5.84. The summed E-state index contributed by atoms with van der Waals surface area (Å²) in [5.74, 6) is -0.539. The largest absolute Gasteiger partial charge is 0.459 e. The predicted octanol–water partition coefficient (Wildman–Crippen LogP) is 1.63. The maximum absolute atomic E-state index is 11.7. The van der Waals surface area contributed by atoms with Crippen LogP contribution in [0.25, 0.3) is 10.4 Å². The van der Waals surface area contributed by atoms with Crippen molar-refractivity contribution in [2.75, 3.05) is 13.1 Å². The number of carbonyl (C=O) groups is 2. The highest BCUT2D eigenvalue weighted by Gasteiger charge is 2.32. The molecule has 0 radical (unpaired) electrons. The number of rotatable bonds is 4. The van der Waals surface area contributed by atoms with Crippen LogP contribution in [0, 0.1) is 0 Å². The lowest BCUT2D eigenvalue weighted by molar-refractivity contribution is -0.158. The van der Waals surface area contributed by atoms with E-state index in [1.54, 1.807) is 20.8 Å². The minimum absolute atomic E-state index is 0.0816. The molecular weight excluding hydrogens is 236 g/mol. The summed E-state index contributed by atoms with van der Waals surface area (Å²) in [5, 5.41) is 3.45. The Hall–Kier alpha value is -1.75. The van der Waals surface area contributed by atoms with Crippen molar-refractivity contribution in [3.63, 3.8) is 0 Å². The predicted molar refractivity (Wildman–Crippen MR) is 64.6 cm³/mol. The fourth-order valence-corrected chi connectivity index (χ4v) is 1.84. The number of amides is 1. The lowest BCUT2D eigenvalue weighted by Crippen LogP contribution is -2.41. The number of likely N-dealkylation sites (tertiary alicyclic amines) is 1. The molecule has 100 valence electrons. The zero-order valence-electron chi connectivity index (χ0n) is 10.9. The molecule has 0 aliphatic carbocycles. The molecule has 7 heteroatoms. The Balaban J connectivity index is 2.59. The lowest BCUT2D eigenvalue weighted by Gasteiger charge is -2.25. The third kappa shape index (κ3) is 4.25. The second kappa shape index (κ2) is 5.73. The highest BCUT2D eigenvalue weighted by atomic mass is 16.6. The van der Waals surface area contributed by atoms with E-state index < -0.39 is 11.6 Å². The summed E-state index contributed by atoms with van der Waals surface area (Å²) in [5.41, 5.74) is 7.71. The molecule has 1 atom stereocenters. The van der Waals surface area contributed by atoms with E-state index in [-0.39, 0.29) is 25.0 Å². The zero-order valence-corrected chi connectivity index (χ0v) is 10.9. The van der Waals surface area contributed by atoms with Crippen LogP contribution in [0.3, 0.4) is 0 Å². The Kier molecular flexibility index (Phi) is 4.55. The normalized spacial score (nSPS) is 19.6. The first-order valence-electron chi connectivity index (χ1n) is 5.85. The van der Waals surface area contributed by atoms with Crippen molar-refractivity contribution >= 4 is 11.9 Å². The smallest absolute Gasteiger partial charge is 0.326 e. The Morgan fingerprint density at radius 2 is 2.28 bits per heavy atom. The molecule has 0 aromatic heterocycles. The molecule has 1 amide bonds. The van der Waals surface area contributed by atoms with Gasteiger partial charge in [0.05, 0.1) is 0 Å². The summed E-state index contributed by atoms with van der Waals surface area (Å²) in [4.78, 5) is 27.4. The third-order valence-corrected chi connectivity index (χ3v) is 2.53. The summed E-state index contributed by atoms with van der Waals surface area (Å²) in [6.45, 7) is 5.43. The Bertz CT molecular complexity index is 382. The van der Waals surface area contributed by atoms with Crippen LogP contribution in [-0.4, -0.2) is 41.5 Å². The van der Waals surface area contributed by atoms with Crippen LogP contribution >= 0.6 is 0 Å². The molecule has 0 N–H and O–H groups in total. The minimum atomic E-state index is -0.569. The number of hydrogen-bond acceptors (Lipinski definition) is 4. The van der Waals surface area contributed by atoms with Gasteiger partial charge in [-0.05, 0) is 32.7 Å². The van der Waals surface area contributed by atoms with Crippen LogP contribution in [0.4, 0.5) is 0 Å². The minimum Gasteiger partial charge on any atom is -0.459 e. The van der Waals surface area contributed by atoms with Gasteiger partial charge < -0.3 is 9.64 Å². The molecule has 0 bridgehead atoms. The van der Waals surface area contributed by atoms with Crippen molar-refractivity contribution in [3.05, 3.63) is 10.4 Å². The van der Waals surface area contributed by atoms with Gasteiger partial charge in [-0.3, -0.25) is 9.59 Å². The number of ether oxygens (including phenoxy) is 1. The number of hydrogen-bond donors (Lipinski definition) is 0. The van der Waals surface area contributed by atoms with Gasteiger partial charge in [-0.25, -0.2) is 0 Å². The van der Waals surface area contributed by atoms with E-state index in [4.69, 9.17) is 10.3 Å². The second-order valence-corrected chi connectivity index (χ2v) is 5.21. The average Bonchev–Trinajstić information content (AvgIpc) is 2.55. The van der Waals surface area contributed by atoms with Gasteiger partial charge in [0.25, 0.3) is 0 Å². The standard InChI is InChI=1S/C11H18N4O3/c1-11(2,3)18-10(17)7-15-8(6-13-14-12)4-5-9(15)16/h8H,4-7H2,1-3H3. The van der Waals surface area contributed by atoms with Crippen molar-refractivity contribution in [1.82, 2.24) is 4.90 Å². The molecule has 0 spiro atoms.